The van der Waals surface area contributed by atoms with Crippen molar-refractivity contribution < 1.29 is 4.74 Å². The average molecular weight is 235 g/mol. The van der Waals surface area contributed by atoms with Crippen molar-refractivity contribution in [1.29, 1.82) is 0 Å². The van der Waals surface area contributed by atoms with Crippen LogP contribution in [0, 0.1) is 0 Å². The maximum Gasteiger partial charge on any atom is 0.0622 e. The molecule has 1 unspecified atom stereocenters. The zero-order valence-electron chi connectivity index (χ0n) is 11.5. The van der Waals surface area contributed by atoms with E-state index in [0.29, 0.717) is 6.04 Å². The number of nitrogens with one attached hydrogen (secondary N) is 1. The van der Waals surface area contributed by atoms with Gasteiger partial charge in [-0.25, -0.2) is 0 Å². The Labute approximate surface area is 105 Å². The fourth-order valence-electron chi connectivity index (χ4n) is 2.00. The van der Waals surface area contributed by atoms with E-state index >= 15 is 0 Å². The molecule has 1 aromatic rings. The Morgan fingerprint density at radius 3 is 2.41 bits per heavy atom. The molecule has 0 fully saturated rings. The standard InChI is InChI=1S/C15H25NO/c1-15(2,17-4)12-8-11-14(16-3)13-9-6-5-7-10-13/h5-7,9-10,14,16H,8,11-12H2,1-4H3. The maximum atomic E-state index is 5.44. The molecule has 0 radical (unpaired) electrons. The van der Waals surface area contributed by atoms with E-state index in [0.717, 1.165) is 12.8 Å². The molecule has 1 aromatic carbocycles. The van der Waals surface area contributed by atoms with Gasteiger partial charge in [0.2, 0.25) is 0 Å². The van der Waals surface area contributed by atoms with Gasteiger partial charge in [-0.15, -0.1) is 0 Å². The minimum absolute atomic E-state index is 0.00498. The third kappa shape index (κ3) is 4.88. The highest BCUT2D eigenvalue weighted by molar-refractivity contribution is 5.18. The van der Waals surface area contributed by atoms with Gasteiger partial charge in [-0.3, -0.25) is 0 Å². The first-order chi connectivity index (χ1) is 8.09. The smallest absolute Gasteiger partial charge is 0.0622 e. The Morgan fingerprint density at radius 2 is 1.88 bits per heavy atom. The summed E-state index contributed by atoms with van der Waals surface area (Å²) in [7, 11) is 3.81. The maximum absolute atomic E-state index is 5.44. The van der Waals surface area contributed by atoms with Crippen LogP contribution in [-0.2, 0) is 4.74 Å². The molecule has 17 heavy (non-hydrogen) atoms. The first kappa shape index (κ1) is 14.2. The fourth-order valence-corrected chi connectivity index (χ4v) is 2.00. The van der Waals surface area contributed by atoms with E-state index in [1.807, 2.05) is 7.05 Å². The lowest BCUT2D eigenvalue weighted by Gasteiger charge is -2.24. The molecule has 0 bridgehead atoms. The molecule has 0 spiro atoms. The molecule has 0 aliphatic rings. The Kier molecular flexibility index (Phi) is 5.66. The topological polar surface area (TPSA) is 21.3 Å². The third-order valence-electron chi connectivity index (χ3n) is 3.37. The summed E-state index contributed by atoms with van der Waals surface area (Å²) < 4.78 is 5.44. The molecule has 0 saturated carbocycles. The van der Waals surface area contributed by atoms with Gasteiger partial charge >= 0.3 is 0 Å². The van der Waals surface area contributed by atoms with Gasteiger partial charge in [0.1, 0.15) is 0 Å². The van der Waals surface area contributed by atoms with Gasteiger partial charge < -0.3 is 10.1 Å². The van der Waals surface area contributed by atoms with Crippen molar-refractivity contribution in [2.45, 2.75) is 44.8 Å². The molecule has 0 heterocycles. The van der Waals surface area contributed by atoms with Crippen molar-refractivity contribution in [3.8, 4) is 0 Å². The Balaban J connectivity index is 2.44. The first-order valence-electron chi connectivity index (χ1n) is 6.36. The predicted molar refractivity (Wildman–Crippen MR) is 73.2 cm³/mol. The summed E-state index contributed by atoms with van der Waals surface area (Å²) in [6.45, 7) is 4.29. The van der Waals surface area contributed by atoms with Gasteiger partial charge in [-0.2, -0.15) is 0 Å². The minimum Gasteiger partial charge on any atom is -0.379 e. The van der Waals surface area contributed by atoms with Crippen molar-refractivity contribution in [3.05, 3.63) is 35.9 Å². The van der Waals surface area contributed by atoms with Gasteiger partial charge in [0.15, 0.2) is 0 Å². The van der Waals surface area contributed by atoms with Crippen LogP contribution in [0.1, 0.15) is 44.7 Å². The summed E-state index contributed by atoms with van der Waals surface area (Å²) >= 11 is 0. The highest BCUT2D eigenvalue weighted by Crippen LogP contribution is 2.23. The van der Waals surface area contributed by atoms with Gasteiger partial charge in [0.25, 0.3) is 0 Å². The van der Waals surface area contributed by atoms with Crippen molar-refractivity contribution >= 4 is 0 Å². The second-order valence-corrected chi connectivity index (χ2v) is 5.11. The summed E-state index contributed by atoms with van der Waals surface area (Å²) in [6, 6.07) is 11.1. The van der Waals surface area contributed by atoms with Crippen LogP contribution >= 0.6 is 0 Å². The molecular weight excluding hydrogens is 210 g/mol. The molecule has 1 atom stereocenters. The van der Waals surface area contributed by atoms with E-state index in [-0.39, 0.29) is 5.60 Å². The van der Waals surface area contributed by atoms with Crippen LogP contribution in [0.2, 0.25) is 0 Å². The van der Waals surface area contributed by atoms with Crippen LogP contribution in [-0.4, -0.2) is 19.8 Å². The fraction of sp³-hybridized carbons (Fsp3) is 0.600. The summed E-state index contributed by atoms with van der Waals surface area (Å²) in [6.07, 6.45) is 3.41. The minimum atomic E-state index is -0.00498. The van der Waals surface area contributed by atoms with E-state index < -0.39 is 0 Å². The Bertz CT molecular complexity index is 308. The normalized spacial score (nSPS) is 13.6. The summed E-state index contributed by atoms with van der Waals surface area (Å²) in [5.74, 6) is 0. The number of ether oxygens (including phenoxy) is 1. The second-order valence-electron chi connectivity index (χ2n) is 5.11. The van der Waals surface area contributed by atoms with E-state index in [1.54, 1.807) is 7.11 Å². The van der Waals surface area contributed by atoms with Crippen LogP contribution in [0.25, 0.3) is 0 Å². The predicted octanol–water partition coefficient (Wildman–Crippen LogP) is 3.54. The molecule has 0 aliphatic heterocycles. The lowest BCUT2D eigenvalue weighted by atomic mass is 9.96. The van der Waals surface area contributed by atoms with E-state index in [9.17, 15) is 0 Å². The number of rotatable bonds is 7. The molecule has 1 N–H and O–H groups in total. The van der Waals surface area contributed by atoms with E-state index in [1.165, 1.54) is 12.0 Å². The number of methoxy groups -OCH3 is 1. The number of hydrogen-bond acceptors (Lipinski definition) is 2. The van der Waals surface area contributed by atoms with Gasteiger partial charge in [0, 0.05) is 13.2 Å². The zero-order valence-corrected chi connectivity index (χ0v) is 11.5. The monoisotopic (exact) mass is 235 g/mol. The molecular formula is C15H25NO. The summed E-state index contributed by atoms with van der Waals surface area (Å²) in [5.41, 5.74) is 1.36. The van der Waals surface area contributed by atoms with Crippen molar-refractivity contribution in [2.75, 3.05) is 14.2 Å². The van der Waals surface area contributed by atoms with Gasteiger partial charge in [-0.05, 0) is 45.7 Å². The molecule has 2 heteroatoms. The van der Waals surface area contributed by atoms with Crippen LogP contribution in [0.15, 0.2) is 30.3 Å². The second kappa shape index (κ2) is 6.77. The van der Waals surface area contributed by atoms with Crippen LogP contribution in [0.5, 0.6) is 0 Å². The largest absolute Gasteiger partial charge is 0.379 e. The molecule has 0 amide bonds. The van der Waals surface area contributed by atoms with Crippen LogP contribution in [0.4, 0.5) is 0 Å². The SMILES string of the molecule is CNC(CCCC(C)(C)OC)c1ccccc1. The average Bonchev–Trinajstić information content (AvgIpc) is 2.36. The van der Waals surface area contributed by atoms with Crippen LogP contribution in [0.3, 0.4) is 0 Å². The number of hydrogen-bond donors (Lipinski definition) is 1. The first-order valence-corrected chi connectivity index (χ1v) is 6.36. The van der Waals surface area contributed by atoms with E-state index in [4.69, 9.17) is 4.74 Å². The molecule has 0 aromatic heterocycles. The summed E-state index contributed by atoms with van der Waals surface area (Å²) in [5, 5.41) is 3.38. The molecule has 2 nitrogen and oxygen atoms in total. The van der Waals surface area contributed by atoms with Crippen molar-refractivity contribution in [1.82, 2.24) is 5.32 Å². The quantitative estimate of drug-likeness (QED) is 0.780. The van der Waals surface area contributed by atoms with Crippen molar-refractivity contribution in [3.63, 3.8) is 0 Å². The molecule has 0 saturated heterocycles. The number of benzene rings is 1. The summed E-state index contributed by atoms with van der Waals surface area (Å²) in [4.78, 5) is 0. The molecule has 1 rings (SSSR count). The molecule has 0 aliphatic carbocycles. The van der Waals surface area contributed by atoms with Gasteiger partial charge in [0.05, 0.1) is 5.60 Å². The lowest BCUT2D eigenvalue weighted by Crippen LogP contribution is -2.23. The van der Waals surface area contributed by atoms with Crippen molar-refractivity contribution in [2.24, 2.45) is 0 Å². The van der Waals surface area contributed by atoms with E-state index in [2.05, 4.69) is 49.5 Å². The lowest BCUT2D eigenvalue weighted by molar-refractivity contribution is 0.0130. The highest BCUT2D eigenvalue weighted by Gasteiger charge is 2.17. The third-order valence-corrected chi connectivity index (χ3v) is 3.37. The molecule has 96 valence electrons. The Hall–Kier alpha value is -0.860. The zero-order chi connectivity index (χ0) is 12.7. The Morgan fingerprint density at radius 1 is 1.24 bits per heavy atom. The highest BCUT2D eigenvalue weighted by atomic mass is 16.5. The van der Waals surface area contributed by atoms with Crippen LogP contribution < -0.4 is 5.32 Å². The van der Waals surface area contributed by atoms with Gasteiger partial charge in [-0.1, -0.05) is 30.3 Å².